The van der Waals surface area contributed by atoms with E-state index >= 15 is 0 Å². The number of fused-ring (bicyclic) bond motifs is 1. The summed E-state index contributed by atoms with van der Waals surface area (Å²) < 4.78 is 6.77. The highest BCUT2D eigenvalue weighted by molar-refractivity contribution is 5.89. The number of carbonyl (C=O) groups is 1. The first-order valence-corrected chi connectivity index (χ1v) is 7.58. The monoisotopic (exact) mass is 334 g/mol. The van der Waals surface area contributed by atoms with Crippen molar-refractivity contribution < 1.29 is 9.32 Å². The molecule has 0 bridgehead atoms. The minimum absolute atomic E-state index is 0.0395. The van der Waals surface area contributed by atoms with Crippen molar-refractivity contribution >= 4 is 11.6 Å². The van der Waals surface area contributed by atoms with Gasteiger partial charge in [-0.25, -0.2) is 9.50 Å². The van der Waals surface area contributed by atoms with Gasteiger partial charge in [-0.1, -0.05) is 23.4 Å². The zero-order valence-electron chi connectivity index (χ0n) is 13.6. The second kappa shape index (κ2) is 5.82. The largest absolute Gasteiger partial charge is 0.341 e. The summed E-state index contributed by atoms with van der Waals surface area (Å²) in [4.78, 5) is 22.0. The van der Waals surface area contributed by atoms with Gasteiger partial charge < -0.3 is 9.42 Å². The molecule has 3 heterocycles. The summed E-state index contributed by atoms with van der Waals surface area (Å²) in [6.07, 6.45) is 3.56. The molecule has 0 fully saturated rings. The van der Waals surface area contributed by atoms with Gasteiger partial charge >= 0.3 is 11.8 Å². The molecule has 8 heteroatoms. The average molecular weight is 334 g/mol. The number of benzene rings is 1. The average Bonchev–Trinajstić information content (AvgIpc) is 3.28. The van der Waals surface area contributed by atoms with E-state index in [2.05, 4.69) is 20.2 Å². The van der Waals surface area contributed by atoms with Crippen LogP contribution in [0.5, 0.6) is 0 Å². The standard InChI is InChI=1S/C17H14N6O2/c1-22(2)17(24)16-20-15(21-25-16)12-6-3-5-11(9-12)13-10-23-14(19-13)7-4-8-18-23/h3-10H,1-2H3. The molecular weight excluding hydrogens is 320 g/mol. The van der Waals surface area contributed by atoms with Crippen LogP contribution in [-0.4, -0.2) is 49.6 Å². The van der Waals surface area contributed by atoms with Crippen LogP contribution in [0.1, 0.15) is 10.7 Å². The Kier molecular flexibility index (Phi) is 3.50. The number of rotatable bonds is 3. The third kappa shape index (κ3) is 2.74. The van der Waals surface area contributed by atoms with E-state index in [1.165, 1.54) is 4.90 Å². The maximum absolute atomic E-state index is 11.9. The van der Waals surface area contributed by atoms with Crippen LogP contribution in [-0.2, 0) is 0 Å². The van der Waals surface area contributed by atoms with Gasteiger partial charge in [0.25, 0.3) is 0 Å². The topological polar surface area (TPSA) is 89.4 Å². The lowest BCUT2D eigenvalue weighted by Gasteiger charge is -2.04. The highest BCUT2D eigenvalue weighted by Crippen LogP contribution is 2.24. The van der Waals surface area contributed by atoms with Crippen LogP contribution in [0.4, 0.5) is 0 Å². The van der Waals surface area contributed by atoms with Crippen molar-refractivity contribution in [1.29, 1.82) is 0 Å². The molecule has 0 spiro atoms. The van der Waals surface area contributed by atoms with E-state index in [0.717, 1.165) is 22.5 Å². The Hall–Kier alpha value is -3.55. The first-order chi connectivity index (χ1) is 12.1. The minimum atomic E-state index is -0.332. The van der Waals surface area contributed by atoms with E-state index in [1.54, 1.807) is 24.8 Å². The molecular formula is C17H14N6O2. The van der Waals surface area contributed by atoms with Crippen LogP contribution in [0, 0.1) is 0 Å². The predicted molar refractivity (Wildman–Crippen MR) is 89.7 cm³/mol. The number of aromatic nitrogens is 5. The third-order valence-corrected chi connectivity index (χ3v) is 3.67. The van der Waals surface area contributed by atoms with E-state index in [1.807, 2.05) is 42.6 Å². The molecule has 1 amide bonds. The van der Waals surface area contributed by atoms with E-state index < -0.39 is 0 Å². The second-order valence-electron chi connectivity index (χ2n) is 5.66. The molecule has 0 N–H and O–H groups in total. The number of hydrogen-bond acceptors (Lipinski definition) is 6. The van der Waals surface area contributed by atoms with Crippen LogP contribution in [0.25, 0.3) is 28.3 Å². The third-order valence-electron chi connectivity index (χ3n) is 3.67. The highest BCUT2D eigenvalue weighted by atomic mass is 16.5. The molecule has 0 radical (unpaired) electrons. The molecule has 4 aromatic rings. The van der Waals surface area contributed by atoms with Gasteiger partial charge in [-0.05, 0) is 18.2 Å². The molecule has 0 saturated heterocycles. The molecule has 0 atom stereocenters. The van der Waals surface area contributed by atoms with Crippen molar-refractivity contribution in [2.24, 2.45) is 0 Å². The molecule has 124 valence electrons. The van der Waals surface area contributed by atoms with Crippen LogP contribution < -0.4 is 0 Å². The Morgan fingerprint density at radius 2 is 1.96 bits per heavy atom. The normalized spacial score (nSPS) is 11.0. The maximum atomic E-state index is 11.9. The Balaban J connectivity index is 1.71. The highest BCUT2D eigenvalue weighted by Gasteiger charge is 2.18. The van der Waals surface area contributed by atoms with Crippen molar-refractivity contribution in [2.75, 3.05) is 14.1 Å². The molecule has 1 aromatic carbocycles. The van der Waals surface area contributed by atoms with E-state index in [0.29, 0.717) is 5.82 Å². The van der Waals surface area contributed by atoms with Crippen molar-refractivity contribution in [3.8, 4) is 22.6 Å². The summed E-state index contributed by atoms with van der Waals surface area (Å²) in [6, 6.07) is 11.3. The van der Waals surface area contributed by atoms with Gasteiger partial charge in [0.1, 0.15) is 0 Å². The van der Waals surface area contributed by atoms with Crippen LogP contribution >= 0.6 is 0 Å². The van der Waals surface area contributed by atoms with Gasteiger partial charge in [0.15, 0.2) is 5.65 Å². The summed E-state index contributed by atoms with van der Waals surface area (Å²) in [7, 11) is 3.26. The summed E-state index contributed by atoms with van der Waals surface area (Å²) in [5.41, 5.74) is 3.19. The fourth-order valence-electron chi connectivity index (χ4n) is 2.41. The Morgan fingerprint density at radius 3 is 2.76 bits per heavy atom. The second-order valence-corrected chi connectivity index (χ2v) is 5.66. The first-order valence-electron chi connectivity index (χ1n) is 7.58. The molecule has 4 rings (SSSR count). The van der Waals surface area contributed by atoms with E-state index in [4.69, 9.17) is 4.52 Å². The van der Waals surface area contributed by atoms with Crippen LogP contribution in [0.2, 0.25) is 0 Å². The molecule has 0 aliphatic carbocycles. The van der Waals surface area contributed by atoms with Crippen molar-refractivity contribution in [3.63, 3.8) is 0 Å². The SMILES string of the molecule is CN(C)C(=O)c1nc(-c2cccc(-c3cn4ncccc4n3)c2)no1. The van der Waals surface area contributed by atoms with Gasteiger partial charge in [-0.3, -0.25) is 4.79 Å². The summed E-state index contributed by atoms with van der Waals surface area (Å²) in [6.45, 7) is 0. The molecule has 8 nitrogen and oxygen atoms in total. The minimum Gasteiger partial charge on any atom is -0.341 e. The molecule has 0 unspecified atom stereocenters. The summed E-state index contributed by atoms with van der Waals surface area (Å²) in [5, 5.41) is 8.12. The van der Waals surface area contributed by atoms with Crippen LogP contribution in [0.15, 0.2) is 53.3 Å². The number of nitrogens with zero attached hydrogens (tertiary/aromatic N) is 6. The fraction of sp³-hybridized carbons (Fsp3) is 0.118. The maximum Gasteiger partial charge on any atom is 0.316 e. The molecule has 0 aliphatic rings. The van der Waals surface area contributed by atoms with E-state index in [9.17, 15) is 4.79 Å². The molecule has 25 heavy (non-hydrogen) atoms. The van der Waals surface area contributed by atoms with Crippen molar-refractivity contribution in [1.82, 2.24) is 29.6 Å². The summed E-state index contributed by atoms with van der Waals surface area (Å²) in [5.74, 6) is -0.0161. The smallest absolute Gasteiger partial charge is 0.316 e. The lowest BCUT2D eigenvalue weighted by Crippen LogP contribution is -2.21. The quantitative estimate of drug-likeness (QED) is 0.570. The van der Waals surface area contributed by atoms with Gasteiger partial charge in [-0.15, -0.1) is 0 Å². The summed E-state index contributed by atoms with van der Waals surface area (Å²) >= 11 is 0. The van der Waals surface area contributed by atoms with Gasteiger partial charge in [0.05, 0.1) is 11.9 Å². The zero-order valence-corrected chi connectivity index (χ0v) is 13.6. The van der Waals surface area contributed by atoms with E-state index in [-0.39, 0.29) is 11.8 Å². The Bertz CT molecular complexity index is 1030. The number of carbonyl (C=O) groups excluding carboxylic acids is 1. The van der Waals surface area contributed by atoms with Crippen molar-refractivity contribution in [2.45, 2.75) is 0 Å². The fourth-order valence-corrected chi connectivity index (χ4v) is 2.41. The Labute approximate surface area is 142 Å². The van der Waals surface area contributed by atoms with Crippen molar-refractivity contribution in [3.05, 3.63) is 54.7 Å². The van der Waals surface area contributed by atoms with Gasteiger partial charge in [0, 0.05) is 31.4 Å². The molecule has 0 aliphatic heterocycles. The zero-order chi connectivity index (χ0) is 17.4. The Morgan fingerprint density at radius 1 is 1.12 bits per heavy atom. The number of hydrogen-bond donors (Lipinski definition) is 0. The van der Waals surface area contributed by atoms with Crippen LogP contribution in [0.3, 0.4) is 0 Å². The number of imidazole rings is 1. The lowest BCUT2D eigenvalue weighted by molar-refractivity contribution is 0.0779. The molecule has 0 saturated carbocycles. The predicted octanol–water partition coefficient (Wildman–Crippen LogP) is 2.15. The first kappa shape index (κ1) is 15.0. The molecule has 3 aromatic heterocycles. The van der Waals surface area contributed by atoms with Gasteiger partial charge in [0.2, 0.25) is 5.82 Å². The number of amides is 1. The lowest BCUT2D eigenvalue weighted by atomic mass is 10.1. The van der Waals surface area contributed by atoms with Gasteiger partial charge in [-0.2, -0.15) is 10.1 Å².